The number of aryl methyl sites for hydroxylation is 1. The Kier molecular flexibility index (Phi) is 4.34. The molecule has 2 rings (SSSR count). The molecule has 0 saturated carbocycles. The van der Waals surface area contributed by atoms with Gasteiger partial charge in [0.1, 0.15) is 0 Å². The van der Waals surface area contributed by atoms with Gasteiger partial charge in [0.25, 0.3) is 0 Å². The standard InChI is InChI=1S/C14H11Cl2NO/c15-12-3-2-11(9-13(12)16)14(18)4-1-10-5-7-17-8-6-10/h2-3,5-9H,1,4H2. The van der Waals surface area contributed by atoms with Crippen LogP contribution < -0.4 is 0 Å². The first-order valence-corrected chi connectivity index (χ1v) is 6.29. The van der Waals surface area contributed by atoms with Crippen molar-refractivity contribution in [1.29, 1.82) is 0 Å². The van der Waals surface area contributed by atoms with Gasteiger partial charge in [0.15, 0.2) is 5.78 Å². The highest BCUT2D eigenvalue weighted by Crippen LogP contribution is 2.23. The van der Waals surface area contributed by atoms with Crippen LogP contribution in [-0.2, 0) is 6.42 Å². The first-order chi connectivity index (χ1) is 8.66. The van der Waals surface area contributed by atoms with E-state index in [1.54, 1.807) is 30.6 Å². The van der Waals surface area contributed by atoms with Gasteiger partial charge in [-0.3, -0.25) is 9.78 Å². The first-order valence-electron chi connectivity index (χ1n) is 5.54. The van der Waals surface area contributed by atoms with Crippen LogP contribution in [0.25, 0.3) is 0 Å². The van der Waals surface area contributed by atoms with E-state index in [0.29, 0.717) is 28.5 Å². The fourth-order valence-electron chi connectivity index (χ4n) is 1.62. The van der Waals surface area contributed by atoms with Crippen molar-refractivity contribution in [2.45, 2.75) is 12.8 Å². The molecule has 2 nitrogen and oxygen atoms in total. The van der Waals surface area contributed by atoms with Crippen molar-refractivity contribution in [3.63, 3.8) is 0 Å². The Morgan fingerprint density at radius 2 is 1.78 bits per heavy atom. The Bertz CT molecular complexity index is 555. The largest absolute Gasteiger partial charge is 0.294 e. The van der Waals surface area contributed by atoms with Crippen molar-refractivity contribution in [3.05, 3.63) is 63.9 Å². The van der Waals surface area contributed by atoms with Crippen molar-refractivity contribution in [3.8, 4) is 0 Å². The summed E-state index contributed by atoms with van der Waals surface area (Å²) >= 11 is 11.7. The number of Topliss-reactive ketones (excluding diaryl/α,β-unsaturated/α-hetero) is 1. The van der Waals surface area contributed by atoms with Gasteiger partial charge in [-0.15, -0.1) is 0 Å². The molecule has 92 valence electrons. The number of aromatic nitrogens is 1. The van der Waals surface area contributed by atoms with Crippen molar-refractivity contribution in [2.24, 2.45) is 0 Å². The number of carbonyl (C=O) groups excluding carboxylic acids is 1. The van der Waals surface area contributed by atoms with Gasteiger partial charge < -0.3 is 0 Å². The SMILES string of the molecule is O=C(CCc1ccncc1)c1ccc(Cl)c(Cl)c1. The van der Waals surface area contributed by atoms with Crippen LogP contribution >= 0.6 is 23.2 Å². The molecule has 0 spiro atoms. The van der Waals surface area contributed by atoms with E-state index in [4.69, 9.17) is 23.2 Å². The average molecular weight is 280 g/mol. The summed E-state index contributed by atoms with van der Waals surface area (Å²) < 4.78 is 0. The lowest BCUT2D eigenvalue weighted by atomic mass is 10.0. The normalized spacial score (nSPS) is 10.3. The number of carbonyl (C=O) groups is 1. The van der Waals surface area contributed by atoms with E-state index < -0.39 is 0 Å². The highest BCUT2D eigenvalue weighted by Gasteiger charge is 2.08. The molecule has 18 heavy (non-hydrogen) atoms. The topological polar surface area (TPSA) is 30.0 Å². The predicted molar refractivity (Wildman–Crippen MR) is 73.4 cm³/mol. The minimum Gasteiger partial charge on any atom is -0.294 e. The average Bonchev–Trinajstić information content (AvgIpc) is 2.40. The monoisotopic (exact) mass is 279 g/mol. The van der Waals surface area contributed by atoms with Crippen LogP contribution in [0.15, 0.2) is 42.7 Å². The second kappa shape index (κ2) is 5.98. The molecule has 0 fully saturated rings. The Hall–Kier alpha value is -1.38. The lowest BCUT2D eigenvalue weighted by Gasteiger charge is -2.03. The maximum absolute atomic E-state index is 12.0. The maximum Gasteiger partial charge on any atom is 0.163 e. The van der Waals surface area contributed by atoms with E-state index in [0.717, 1.165) is 5.56 Å². The fraction of sp³-hybridized carbons (Fsp3) is 0.143. The number of pyridine rings is 1. The van der Waals surface area contributed by atoms with Gasteiger partial charge in [-0.05, 0) is 42.3 Å². The van der Waals surface area contributed by atoms with Crippen LogP contribution in [0.4, 0.5) is 0 Å². The molecule has 0 aliphatic rings. The minimum absolute atomic E-state index is 0.0605. The summed E-state index contributed by atoms with van der Waals surface area (Å²) in [6.07, 6.45) is 4.58. The van der Waals surface area contributed by atoms with E-state index in [1.165, 1.54) is 0 Å². The second-order valence-corrected chi connectivity index (χ2v) is 4.72. The van der Waals surface area contributed by atoms with Crippen molar-refractivity contribution < 1.29 is 4.79 Å². The molecule has 0 radical (unpaired) electrons. The van der Waals surface area contributed by atoms with E-state index in [1.807, 2.05) is 12.1 Å². The summed E-state index contributed by atoms with van der Waals surface area (Å²) in [6, 6.07) is 8.76. The van der Waals surface area contributed by atoms with Crippen LogP contribution in [0.1, 0.15) is 22.3 Å². The van der Waals surface area contributed by atoms with E-state index in [2.05, 4.69) is 4.98 Å². The van der Waals surface area contributed by atoms with Gasteiger partial charge in [0.2, 0.25) is 0 Å². The fourth-order valence-corrected chi connectivity index (χ4v) is 1.92. The Morgan fingerprint density at radius 1 is 1.06 bits per heavy atom. The molecule has 0 atom stereocenters. The molecular weight excluding hydrogens is 269 g/mol. The van der Waals surface area contributed by atoms with Crippen LogP contribution in [0, 0.1) is 0 Å². The number of rotatable bonds is 4. The summed E-state index contributed by atoms with van der Waals surface area (Å²) in [7, 11) is 0. The van der Waals surface area contributed by atoms with Gasteiger partial charge in [-0.1, -0.05) is 23.2 Å². The zero-order valence-corrected chi connectivity index (χ0v) is 11.1. The molecule has 1 aromatic carbocycles. The molecule has 0 N–H and O–H groups in total. The van der Waals surface area contributed by atoms with Crippen molar-refractivity contribution >= 4 is 29.0 Å². The highest BCUT2D eigenvalue weighted by atomic mass is 35.5. The van der Waals surface area contributed by atoms with Crippen molar-refractivity contribution in [2.75, 3.05) is 0 Å². The number of nitrogens with zero attached hydrogens (tertiary/aromatic N) is 1. The first kappa shape index (κ1) is 13.1. The number of hydrogen-bond acceptors (Lipinski definition) is 2. The predicted octanol–water partition coefficient (Wildman–Crippen LogP) is 4.20. The van der Waals surface area contributed by atoms with Gasteiger partial charge in [-0.2, -0.15) is 0 Å². The summed E-state index contributed by atoms with van der Waals surface area (Å²) in [5, 5.41) is 0.869. The van der Waals surface area contributed by atoms with Crippen LogP contribution in [-0.4, -0.2) is 10.8 Å². The molecule has 0 aliphatic carbocycles. The highest BCUT2D eigenvalue weighted by molar-refractivity contribution is 6.42. The molecule has 2 aromatic rings. The number of ketones is 1. The molecule has 1 aromatic heterocycles. The molecule has 0 bridgehead atoms. The van der Waals surface area contributed by atoms with Crippen LogP contribution in [0.3, 0.4) is 0 Å². The van der Waals surface area contributed by atoms with Crippen LogP contribution in [0.2, 0.25) is 10.0 Å². The summed E-state index contributed by atoms with van der Waals surface area (Å²) in [6.45, 7) is 0. The Labute approximate surface area is 116 Å². The molecule has 0 amide bonds. The maximum atomic E-state index is 12.0. The molecule has 1 heterocycles. The lowest BCUT2D eigenvalue weighted by Crippen LogP contribution is -2.01. The summed E-state index contributed by atoms with van der Waals surface area (Å²) in [4.78, 5) is 15.9. The number of hydrogen-bond donors (Lipinski definition) is 0. The summed E-state index contributed by atoms with van der Waals surface area (Å²) in [5.41, 5.74) is 1.69. The zero-order valence-electron chi connectivity index (χ0n) is 9.57. The van der Waals surface area contributed by atoms with Gasteiger partial charge >= 0.3 is 0 Å². The number of benzene rings is 1. The van der Waals surface area contributed by atoms with Gasteiger partial charge in [0, 0.05) is 24.4 Å². The third-order valence-corrected chi connectivity index (χ3v) is 3.37. The Balaban J connectivity index is 2.02. The van der Waals surface area contributed by atoms with Gasteiger partial charge in [0.05, 0.1) is 10.0 Å². The van der Waals surface area contributed by atoms with E-state index in [-0.39, 0.29) is 5.78 Å². The molecule has 4 heteroatoms. The van der Waals surface area contributed by atoms with E-state index in [9.17, 15) is 4.79 Å². The third kappa shape index (κ3) is 3.31. The Morgan fingerprint density at radius 3 is 2.44 bits per heavy atom. The molecule has 0 aliphatic heterocycles. The zero-order chi connectivity index (χ0) is 13.0. The van der Waals surface area contributed by atoms with Crippen molar-refractivity contribution in [1.82, 2.24) is 4.98 Å². The van der Waals surface area contributed by atoms with Gasteiger partial charge in [-0.25, -0.2) is 0 Å². The number of halogens is 2. The third-order valence-electron chi connectivity index (χ3n) is 2.63. The molecule has 0 saturated heterocycles. The summed E-state index contributed by atoms with van der Waals surface area (Å²) in [5.74, 6) is 0.0605. The minimum atomic E-state index is 0.0605. The van der Waals surface area contributed by atoms with Crippen LogP contribution in [0.5, 0.6) is 0 Å². The molecular formula is C14H11Cl2NO. The quantitative estimate of drug-likeness (QED) is 0.785. The smallest absolute Gasteiger partial charge is 0.163 e. The lowest BCUT2D eigenvalue weighted by molar-refractivity contribution is 0.0983. The molecule has 0 unspecified atom stereocenters. The van der Waals surface area contributed by atoms with E-state index >= 15 is 0 Å². The second-order valence-electron chi connectivity index (χ2n) is 3.91.